The molecule has 0 bridgehead atoms. The van der Waals surface area contributed by atoms with E-state index in [9.17, 15) is 8.42 Å². The van der Waals surface area contributed by atoms with Crippen LogP contribution in [0.5, 0.6) is 0 Å². The topological polar surface area (TPSA) is 76.5 Å². The van der Waals surface area contributed by atoms with E-state index in [4.69, 9.17) is 10.2 Å². The molecule has 0 saturated heterocycles. The van der Waals surface area contributed by atoms with Crippen LogP contribution in [0.1, 0.15) is 44.8 Å². The molecule has 0 unspecified atom stereocenters. The van der Waals surface area contributed by atoms with Crippen LogP contribution >= 0.6 is 0 Å². The van der Waals surface area contributed by atoms with Crippen LogP contribution in [-0.4, -0.2) is 25.8 Å². The van der Waals surface area contributed by atoms with Crippen molar-refractivity contribution in [2.45, 2.75) is 56.7 Å². The van der Waals surface area contributed by atoms with E-state index in [-0.39, 0.29) is 17.7 Å². The Hall–Kier alpha value is -0.850. The molecule has 0 amide bonds. The lowest BCUT2D eigenvalue weighted by atomic mass is 9.85. The number of nitrogens with two attached hydrogens (primary N) is 1. The van der Waals surface area contributed by atoms with Gasteiger partial charge in [0.05, 0.1) is 6.54 Å². The first kappa shape index (κ1) is 15.5. The van der Waals surface area contributed by atoms with Gasteiger partial charge in [0.15, 0.2) is 0 Å². The number of hydrogen-bond donors (Lipinski definition) is 1. The van der Waals surface area contributed by atoms with Crippen molar-refractivity contribution in [3.05, 3.63) is 17.9 Å². The van der Waals surface area contributed by atoms with Crippen LogP contribution in [0.2, 0.25) is 0 Å². The van der Waals surface area contributed by atoms with Crippen molar-refractivity contribution in [1.82, 2.24) is 4.31 Å². The van der Waals surface area contributed by atoms with E-state index in [1.807, 2.05) is 0 Å². The SMILES string of the molecule is CCC1CCC(N(C)S(=O)(=O)c2ccc(CN)o2)CC1. The standard InChI is InChI=1S/C14H24N2O3S/c1-3-11-4-6-12(7-5-11)16(2)20(17,18)14-9-8-13(10-15)19-14/h8-9,11-12H,3-7,10,15H2,1-2H3. The van der Waals surface area contributed by atoms with Gasteiger partial charge in [-0.15, -0.1) is 0 Å². The van der Waals surface area contributed by atoms with E-state index in [0.29, 0.717) is 5.76 Å². The normalized spacial score (nSPS) is 24.2. The largest absolute Gasteiger partial charge is 0.447 e. The second-order valence-corrected chi connectivity index (χ2v) is 7.46. The number of rotatable bonds is 5. The van der Waals surface area contributed by atoms with Crippen molar-refractivity contribution in [3.63, 3.8) is 0 Å². The van der Waals surface area contributed by atoms with Gasteiger partial charge in [-0.05, 0) is 43.7 Å². The van der Waals surface area contributed by atoms with Gasteiger partial charge in [-0.25, -0.2) is 8.42 Å². The molecule has 2 rings (SSSR count). The molecule has 1 aromatic rings. The third-order valence-corrected chi connectivity index (χ3v) is 6.16. The average Bonchev–Trinajstić information content (AvgIpc) is 2.96. The third kappa shape index (κ3) is 3.07. The van der Waals surface area contributed by atoms with Gasteiger partial charge in [0, 0.05) is 13.1 Å². The Balaban J connectivity index is 2.09. The van der Waals surface area contributed by atoms with E-state index in [2.05, 4.69) is 6.92 Å². The third-order valence-electron chi connectivity index (χ3n) is 4.38. The molecule has 5 nitrogen and oxygen atoms in total. The predicted octanol–water partition coefficient (Wildman–Crippen LogP) is 2.33. The molecule has 0 aromatic carbocycles. The molecule has 1 saturated carbocycles. The molecule has 0 spiro atoms. The molecular weight excluding hydrogens is 276 g/mol. The van der Waals surface area contributed by atoms with Crippen LogP contribution in [0.3, 0.4) is 0 Å². The Morgan fingerprint density at radius 3 is 2.45 bits per heavy atom. The summed E-state index contributed by atoms with van der Waals surface area (Å²) in [4.78, 5) is 0. The maximum Gasteiger partial charge on any atom is 0.276 e. The highest BCUT2D eigenvalue weighted by molar-refractivity contribution is 7.89. The quantitative estimate of drug-likeness (QED) is 0.905. The lowest BCUT2D eigenvalue weighted by Crippen LogP contribution is -2.39. The maximum atomic E-state index is 12.5. The molecular formula is C14H24N2O3S. The fourth-order valence-corrected chi connectivity index (χ4v) is 4.20. The summed E-state index contributed by atoms with van der Waals surface area (Å²) >= 11 is 0. The fraction of sp³-hybridized carbons (Fsp3) is 0.714. The second-order valence-electron chi connectivity index (χ2n) is 5.53. The summed E-state index contributed by atoms with van der Waals surface area (Å²) in [6, 6.07) is 3.19. The van der Waals surface area contributed by atoms with Crippen LogP contribution in [0.15, 0.2) is 21.6 Å². The zero-order chi connectivity index (χ0) is 14.8. The Morgan fingerprint density at radius 1 is 1.30 bits per heavy atom. The van der Waals surface area contributed by atoms with Crippen molar-refractivity contribution < 1.29 is 12.8 Å². The summed E-state index contributed by atoms with van der Waals surface area (Å²) in [5, 5.41) is -0.00179. The molecule has 20 heavy (non-hydrogen) atoms. The molecule has 1 aromatic heterocycles. The van der Waals surface area contributed by atoms with Crippen molar-refractivity contribution in [2.75, 3.05) is 7.05 Å². The molecule has 1 aliphatic rings. The van der Waals surface area contributed by atoms with Gasteiger partial charge in [0.2, 0.25) is 5.09 Å². The number of hydrogen-bond acceptors (Lipinski definition) is 4. The zero-order valence-electron chi connectivity index (χ0n) is 12.2. The molecule has 1 aliphatic carbocycles. The van der Waals surface area contributed by atoms with E-state index in [1.54, 1.807) is 13.1 Å². The van der Waals surface area contributed by atoms with Gasteiger partial charge in [-0.3, -0.25) is 0 Å². The Bertz CT molecular complexity index is 530. The lowest BCUT2D eigenvalue weighted by Gasteiger charge is -2.33. The van der Waals surface area contributed by atoms with Gasteiger partial charge in [-0.2, -0.15) is 4.31 Å². The van der Waals surface area contributed by atoms with Crippen molar-refractivity contribution in [1.29, 1.82) is 0 Å². The first-order valence-electron chi connectivity index (χ1n) is 7.25. The highest BCUT2D eigenvalue weighted by atomic mass is 32.2. The summed E-state index contributed by atoms with van der Waals surface area (Å²) in [6.07, 6.45) is 5.25. The fourth-order valence-electron chi connectivity index (χ4n) is 2.86. The molecule has 0 atom stereocenters. The molecule has 1 fully saturated rings. The van der Waals surface area contributed by atoms with Gasteiger partial charge >= 0.3 is 0 Å². The van der Waals surface area contributed by atoms with Crippen molar-refractivity contribution >= 4 is 10.0 Å². The highest BCUT2D eigenvalue weighted by Crippen LogP contribution is 2.31. The monoisotopic (exact) mass is 300 g/mol. The average molecular weight is 300 g/mol. The van der Waals surface area contributed by atoms with Crippen LogP contribution < -0.4 is 5.73 Å². The summed E-state index contributed by atoms with van der Waals surface area (Å²) in [5.41, 5.74) is 5.45. The van der Waals surface area contributed by atoms with E-state index >= 15 is 0 Å². The van der Waals surface area contributed by atoms with Crippen LogP contribution in [-0.2, 0) is 16.6 Å². The smallest absolute Gasteiger partial charge is 0.276 e. The minimum atomic E-state index is -3.54. The first-order chi connectivity index (χ1) is 9.48. The Kier molecular flexibility index (Phi) is 4.88. The Labute approximate surface area is 121 Å². The molecule has 0 radical (unpaired) electrons. The summed E-state index contributed by atoms with van der Waals surface area (Å²) in [5.74, 6) is 1.24. The molecule has 0 aliphatic heterocycles. The zero-order valence-corrected chi connectivity index (χ0v) is 13.0. The van der Waals surface area contributed by atoms with Gasteiger partial charge < -0.3 is 10.2 Å². The van der Waals surface area contributed by atoms with E-state index < -0.39 is 10.0 Å². The van der Waals surface area contributed by atoms with Crippen LogP contribution in [0.4, 0.5) is 0 Å². The highest BCUT2D eigenvalue weighted by Gasteiger charge is 2.32. The van der Waals surface area contributed by atoms with Crippen LogP contribution in [0, 0.1) is 5.92 Å². The second kappa shape index (κ2) is 6.28. The van der Waals surface area contributed by atoms with Gasteiger partial charge in [0.25, 0.3) is 10.0 Å². The maximum absolute atomic E-state index is 12.5. The Morgan fingerprint density at radius 2 is 1.95 bits per heavy atom. The molecule has 2 N–H and O–H groups in total. The van der Waals surface area contributed by atoms with Gasteiger partial charge in [0.1, 0.15) is 5.76 Å². The van der Waals surface area contributed by atoms with Crippen LogP contribution in [0.25, 0.3) is 0 Å². The van der Waals surface area contributed by atoms with Crippen molar-refractivity contribution in [3.8, 4) is 0 Å². The number of nitrogens with zero attached hydrogens (tertiary/aromatic N) is 1. The molecule has 114 valence electrons. The minimum absolute atomic E-state index is 0.00179. The predicted molar refractivity (Wildman–Crippen MR) is 77.6 cm³/mol. The minimum Gasteiger partial charge on any atom is -0.447 e. The summed E-state index contributed by atoms with van der Waals surface area (Å²) < 4.78 is 31.8. The number of sulfonamides is 1. The van der Waals surface area contributed by atoms with E-state index in [1.165, 1.54) is 16.8 Å². The first-order valence-corrected chi connectivity index (χ1v) is 8.69. The molecule has 1 heterocycles. The number of furan rings is 1. The summed E-state index contributed by atoms with van der Waals surface area (Å²) in [6.45, 7) is 2.41. The lowest BCUT2D eigenvalue weighted by molar-refractivity contribution is 0.229. The van der Waals surface area contributed by atoms with E-state index in [0.717, 1.165) is 31.6 Å². The summed E-state index contributed by atoms with van der Waals surface area (Å²) in [7, 11) is -1.89. The molecule has 6 heteroatoms. The van der Waals surface area contributed by atoms with Gasteiger partial charge in [-0.1, -0.05) is 13.3 Å². The van der Waals surface area contributed by atoms with Crippen molar-refractivity contribution in [2.24, 2.45) is 11.7 Å².